The van der Waals surface area contributed by atoms with Gasteiger partial charge in [-0.15, -0.1) is 0 Å². The van der Waals surface area contributed by atoms with Crippen molar-refractivity contribution in [1.82, 2.24) is 14.6 Å². The van der Waals surface area contributed by atoms with Crippen LogP contribution in [0.1, 0.15) is 45.7 Å². The number of thioether (sulfide) groups is 1. The van der Waals surface area contributed by atoms with E-state index in [0.29, 0.717) is 6.04 Å². The van der Waals surface area contributed by atoms with Gasteiger partial charge in [0.1, 0.15) is 5.52 Å². The predicted octanol–water partition coefficient (Wildman–Crippen LogP) is 3.72. The fourth-order valence-corrected chi connectivity index (χ4v) is 3.67. The summed E-state index contributed by atoms with van der Waals surface area (Å²) in [6.45, 7) is 6.57. The lowest BCUT2D eigenvalue weighted by Gasteiger charge is -2.14. The van der Waals surface area contributed by atoms with E-state index < -0.39 is 0 Å². The minimum atomic E-state index is 0.0561. The van der Waals surface area contributed by atoms with Gasteiger partial charge in [-0.05, 0) is 31.6 Å². The van der Waals surface area contributed by atoms with Crippen LogP contribution in [0.3, 0.4) is 0 Å². The Balaban J connectivity index is 1.87. The Morgan fingerprint density at radius 3 is 2.81 bits per heavy atom. The number of hydrogen-bond acceptors (Lipinski definition) is 4. The minimum absolute atomic E-state index is 0.0561. The number of nitrogens with zero attached hydrogens (tertiary/aromatic N) is 3. The first-order chi connectivity index (χ1) is 9.97. The summed E-state index contributed by atoms with van der Waals surface area (Å²) in [5.74, 6) is 0.965. The molecule has 0 bridgehead atoms. The molecule has 0 spiro atoms. The lowest BCUT2D eigenvalue weighted by atomic mass is 9.92. The van der Waals surface area contributed by atoms with Crippen molar-refractivity contribution in [3.8, 4) is 0 Å². The molecule has 0 saturated heterocycles. The molecule has 1 N–H and O–H groups in total. The molecule has 5 heteroatoms. The quantitative estimate of drug-likeness (QED) is 0.938. The van der Waals surface area contributed by atoms with Crippen LogP contribution < -0.4 is 5.32 Å². The molecule has 0 aliphatic heterocycles. The van der Waals surface area contributed by atoms with Crippen molar-refractivity contribution in [3.05, 3.63) is 24.2 Å². The third-order valence-corrected chi connectivity index (χ3v) is 5.31. The van der Waals surface area contributed by atoms with Gasteiger partial charge in [0.05, 0.1) is 5.69 Å². The number of aromatic nitrogens is 3. The van der Waals surface area contributed by atoms with Gasteiger partial charge in [-0.3, -0.25) is 0 Å². The molecule has 2 aromatic rings. The van der Waals surface area contributed by atoms with Crippen LogP contribution in [-0.2, 0) is 5.41 Å². The summed E-state index contributed by atoms with van der Waals surface area (Å²) in [5.41, 5.74) is 2.24. The van der Waals surface area contributed by atoms with E-state index in [0.717, 1.165) is 22.3 Å². The molecule has 1 aliphatic carbocycles. The van der Waals surface area contributed by atoms with Crippen LogP contribution in [0, 0.1) is 0 Å². The van der Waals surface area contributed by atoms with Crippen molar-refractivity contribution in [3.63, 3.8) is 0 Å². The number of nitrogens with one attached hydrogen (secondary N) is 1. The van der Waals surface area contributed by atoms with Gasteiger partial charge in [0, 0.05) is 29.1 Å². The molecule has 0 amide bonds. The number of fused-ring (bicyclic) bond motifs is 1. The SMILES string of the molecule is CSC1CCC(Nc2nccn3nc(C(C)(C)C)cc23)C1. The predicted molar refractivity (Wildman–Crippen MR) is 90.3 cm³/mol. The Hall–Kier alpha value is -1.23. The topological polar surface area (TPSA) is 42.2 Å². The molecule has 1 saturated carbocycles. The Morgan fingerprint density at radius 1 is 1.33 bits per heavy atom. The van der Waals surface area contributed by atoms with Crippen LogP contribution in [0.15, 0.2) is 18.5 Å². The molecule has 21 heavy (non-hydrogen) atoms. The second-order valence-electron chi connectivity index (χ2n) is 6.90. The highest BCUT2D eigenvalue weighted by Crippen LogP contribution is 2.31. The third kappa shape index (κ3) is 3.03. The summed E-state index contributed by atoms with van der Waals surface area (Å²) in [7, 11) is 0. The van der Waals surface area contributed by atoms with E-state index in [2.05, 4.69) is 48.5 Å². The maximum Gasteiger partial charge on any atom is 0.152 e. The van der Waals surface area contributed by atoms with E-state index in [-0.39, 0.29) is 5.41 Å². The number of anilines is 1. The van der Waals surface area contributed by atoms with Crippen LogP contribution in [-0.4, -0.2) is 32.1 Å². The average Bonchev–Trinajstić information content (AvgIpc) is 3.04. The highest BCUT2D eigenvalue weighted by atomic mass is 32.2. The molecular formula is C16H24N4S. The molecule has 2 aromatic heterocycles. The van der Waals surface area contributed by atoms with E-state index >= 15 is 0 Å². The van der Waals surface area contributed by atoms with Crippen molar-refractivity contribution in [2.75, 3.05) is 11.6 Å². The van der Waals surface area contributed by atoms with Gasteiger partial charge in [-0.25, -0.2) is 9.50 Å². The molecule has 1 fully saturated rings. The lowest BCUT2D eigenvalue weighted by molar-refractivity contribution is 0.562. The molecule has 114 valence electrons. The Bertz CT molecular complexity index is 629. The van der Waals surface area contributed by atoms with Crippen LogP contribution in [0.5, 0.6) is 0 Å². The summed E-state index contributed by atoms with van der Waals surface area (Å²) in [4.78, 5) is 4.54. The summed E-state index contributed by atoms with van der Waals surface area (Å²) >= 11 is 1.98. The van der Waals surface area contributed by atoms with Gasteiger partial charge in [0.25, 0.3) is 0 Å². The highest BCUT2D eigenvalue weighted by Gasteiger charge is 2.25. The molecule has 3 rings (SSSR count). The standard InChI is InChI=1S/C16H24N4S/c1-16(2,3)14-10-13-15(17-7-8-20(13)19-14)18-11-5-6-12(9-11)21-4/h7-8,10-12H,5-6,9H2,1-4H3,(H,17,18). The molecule has 0 aromatic carbocycles. The zero-order valence-electron chi connectivity index (χ0n) is 13.3. The Morgan fingerprint density at radius 2 is 2.14 bits per heavy atom. The zero-order chi connectivity index (χ0) is 15.0. The molecule has 4 nitrogen and oxygen atoms in total. The maximum absolute atomic E-state index is 4.68. The first-order valence-electron chi connectivity index (χ1n) is 7.61. The fourth-order valence-electron chi connectivity index (χ4n) is 2.88. The first-order valence-corrected chi connectivity index (χ1v) is 8.90. The Kier molecular flexibility index (Phi) is 3.86. The molecule has 0 radical (unpaired) electrons. The Labute approximate surface area is 130 Å². The van der Waals surface area contributed by atoms with Crippen molar-refractivity contribution >= 4 is 23.1 Å². The molecule has 2 atom stereocenters. The van der Waals surface area contributed by atoms with Crippen LogP contribution in [0.2, 0.25) is 0 Å². The average molecular weight is 304 g/mol. The smallest absolute Gasteiger partial charge is 0.152 e. The maximum atomic E-state index is 4.68. The van der Waals surface area contributed by atoms with Crippen molar-refractivity contribution in [2.24, 2.45) is 0 Å². The van der Waals surface area contributed by atoms with Gasteiger partial charge in [0.15, 0.2) is 5.82 Å². The van der Waals surface area contributed by atoms with Crippen LogP contribution in [0.25, 0.3) is 5.52 Å². The van der Waals surface area contributed by atoms with Gasteiger partial charge in [-0.2, -0.15) is 16.9 Å². The van der Waals surface area contributed by atoms with E-state index in [1.807, 2.05) is 28.7 Å². The third-order valence-electron chi connectivity index (χ3n) is 4.22. The van der Waals surface area contributed by atoms with Gasteiger partial charge >= 0.3 is 0 Å². The zero-order valence-corrected chi connectivity index (χ0v) is 14.1. The van der Waals surface area contributed by atoms with Crippen LogP contribution in [0.4, 0.5) is 5.82 Å². The van der Waals surface area contributed by atoms with Crippen LogP contribution >= 0.6 is 11.8 Å². The van der Waals surface area contributed by atoms with Gasteiger partial charge in [-0.1, -0.05) is 20.8 Å². The summed E-state index contributed by atoms with van der Waals surface area (Å²) in [5, 5.41) is 9.10. The second-order valence-corrected chi connectivity index (χ2v) is 8.04. The molecular weight excluding hydrogens is 280 g/mol. The lowest BCUT2D eigenvalue weighted by Crippen LogP contribution is -2.17. The molecule has 2 unspecified atom stereocenters. The molecule has 1 aliphatic rings. The van der Waals surface area contributed by atoms with E-state index in [1.165, 1.54) is 19.3 Å². The fraction of sp³-hybridized carbons (Fsp3) is 0.625. The largest absolute Gasteiger partial charge is 0.366 e. The monoisotopic (exact) mass is 304 g/mol. The van der Waals surface area contributed by atoms with Crippen molar-refractivity contribution in [2.45, 2.75) is 56.7 Å². The second kappa shape index (κ2) is 5.52. The summed E-state index contributed by atoms with van der Waals surface area (Å²) < 4.78 is 1.94. The molecule has 2 heterocycles. The van der Waals surface area contributed by atoms with E-state index in [1.54, 1.807) is 0 Å². The van der Waals surface area contributed by atoms with Crippen molar-refractivity contribution < 1.29 is 0 Å². The first kappa shape index (κ1) is 14.7. The number of rotatable bonds is 3. The highest BCUT2D eigenvalue weighted by molar-refractivity contribution is 7.99. The van der Waals surface area contributed by atoms with E-state index in [4.69, 9.17) is 0 Å². The van der Waals surface area contributed by atoms with E-state index in [9.17, 15) is 0 Å². The minimum Gasteiger partial charge on any atom is -0.366 e. The number of hydrogen-bond donors (Lipinski definition) is 1. The summed E-state index contributed by atoms with van der Waals surface area (Å²) in [6, 6.07) is 2.70. The summed E-state index contributed by atoms with van der Waals surface area (Å²) in [6.07, 6.45) is 9.72. The van der Waals surface area contributed by atoms with Crippen molar-refractivity contribution in [1.29, 1.82) is 0 Å². The normalized spacial score (nSPS) is 22.9. The van der Waals surface area contributed by atoms with Gasteiger partial charge < -0.3 is 5.32 Å². The van der Waals surface area contributed by atoms with Gasteiger partial charge in [0.2, 0.25) is 0 Å².